The largest absolute Gasteiger partial charge is 0.416 e. The zero-order chi connectivity index (χ0) is 19.8. The summed E-state index contributed by atoms with van der Waals surface area (Å²) in [7, 11) is -3.00. The first-order valence-corrected chi connectivity index (χ1v) is 10.8. The number of thiazole rings is 1. The lowest BCUT2D eigenvalue weighted by Gasteiger charge is -2.08. The van der Waals surface area contributed by atoms with Crippen LogP contribution in [0.15, 0.2) is 24.3 Å². The van der Waals surface area contributed by atoms with Gasteiger partial charge in [-0.3, -0.25) is 4.79 Å². The molecule has 5 nitrogen and oxygen atoms in total. The molecule has 0 radical (unpaired) electrons. The Kier molecular flexibility index (Phi) is 5.31. The summed E-state index contributed by atoms with van der Waals surface area (Å²) in [5.74, 6) is -0.231. The van der Waals surface area contributed by atoms with Gasteiger partial charge in [0.1, 0.15) is 9.88 Å². The van der Waals surface area contributed by atoms with Crippen LogP contribution in [0.25, 0.3) is 10.6 Å². The molecule has 0 bridgehead atoms. The lowest BCUT2D eigenvalue weighted by molar-refractivity contribution is -0.137. The lowest BCUT2D eigenvalue weighted by Crippen LogP contribution is -2.29. The molecule has 2 aromatic rings. The van der Waals surface area contributed by atoms with E-state index in [2.05, 4.69) is 10.3 Å². The van der Waals surface area contributed by atoms with E-state index in [4.69, 9.17) is 0 Å². The molecule has 1 amide bonds. The quantitative estimate of drug-likeness (QED) is 0.827. The van der Waals surface area contributed by atoms with Crippen LogP contribution < -0.4 is 5.32 Å². The van der Waals surface area contributed by atoms with Crippen LogP contribution in [-0.2, 0) is 16.0 Å². The van der Waals surface area contributed by atoms with Gasteiger partial charge < -0.3 is 5.32 Å². The number of carbonyl (C=O) groups excluding carboxylic acids is 1. The summed E-state index contributed by atoms with van der Waals surface area (Å²) in [5.41, 5.74) is 0.229. The van der Waals surface area contributed by atoms with Crippen LogP contribution in [0.2, 0.25) is 0 Å². The highest BCUT2D eigenvalue weighted by Crippen LogP contribution is 2.33. The standard InChI is InChI=1S/C17H17F3N2O3S2/c1-10-14(15(23)21-8-11-6-7-27(24,25)9-11)26-16(22-10)12-2-4-13(5-3-12)17(18,19)20/h2-5,11H,6-9H2,1H3,(H,21,23). The van der Waals surface area contributed by atoms with Crippen molar-refractivity contribution in [1.82, 2.24) is 10.3 Å². The number of nitrogens with zero attached hydrogens (tertiary/aromatic N) is 1. The molecule has 0 aliphatic carbocycles. The molecule has 1 aliphatic rings. The molecule has 1 aromatic carbocycles. The molecule has 1 N–H and O–H groups in total. The van der Waals surface area contributed by atoms with Crippen LogP contribution in [0, 0.1) is 12.8 Å². The minimum atomic E-state index is -4.41. The third kappa shape index (κ3) is 4.67. The van der Waals surface area contributed by atoms with E-state index in [1.54, 1.807) is 6.92 Å². The van der Waals surface area contributed by atoms with E-state index in [9.17, 15) is 26.4 Å². The molecule has 1 fully saturated rings. The Hall–Kier alpha value is -1.94. The zero-order valence-corrected chi connectivity index (χ0v) is 16.0. The van der Waals surface area contributed by atoms with Gasteiger partial charge in [0, 0.05) is 12.1 Å². The predicted molar refractivity (Wildman–Crippen MR) is 96.4 cm³/mol. The number of nitrogens with one attached hydrogen (secondary N) is 1. The van der Waals surface area contributed by atoms with E-state index < -0.39 is 21.6 Å². The Morgan fingerprint density at radius 2 is 1.96 bits per heavy atom. The summed E-state index contributed by atoms with van der Waals surface area (Å²) < 4.78 is 60.9. The van der Waals surface area contributed by atoms with Crippen molar-refractivity contribution < 1.29 is 26.4 Å². The fraction of sp³-hybridized carbons (Fsp3) is 0.412. The third-order valence-corrected chi connectivity index (χ3v) is 7.38. The van der Waals surface area contributed by atoms with Crippen molar-refractivity contribution in [3.63, 3.8) is 0 Å². The Morgan fingerprint density at radius 3 is 2.52 bits per heavy atom. The van der Waals surface area contributed by atoms with Gasteiger partial charge in [0.05, 0.1) is 22.8 Å². The molecule has 0 saturated carbocycles. The zero-order valence-electron chi connectivity index (χ0n) is 14.3. The molecule has 1 unspecified atom stereocenters. The van der Waals surface area contributed by atoms with Crippen LogP contribution in [0.4, 0.5) is 13.2 Å². The molecule has 3 rings (SSSR count). The summed E-state index contributed by atoms with van der Waals surface area (Å²) in [6.07, 6.45) is -3.88. The average molecular weight is 418 g/mol. The minimum Gasteiger partial charge on any atom is -0.351 e. The molecule has 1 aliphatic heterocycles. The smallest absolute Gasteiger partial charge is 0.351 e. The number of benzene rings is 1. The number of alkyl halides is 3. The Bertz CT molecular complexity index is 951. The van der Waals surface area contributed by atoms with E-state index in [1.165, 1.54) is 12.1 Å². The van der Waals surface area contributed by atoms with Crippen molar-refractivity contribution in [3.05, 3.63) is 40.4 Å². The average Bonchev–Trinajstić information content (AvgIpc) is 3.14. The van der Waals surface area contributed by atoms with Crippen LogP contribution in [-0.4, -0.2) is 37.4 Å². The number of hydrogen-bond donors (Lipinski definition) is 1. The fourth-order valence-electron chi connectivity index (χ4n) is 2.88. The van der Waals surface area contributed by atoms with Gasteiger partial charge in [-0.05, 0) is 31.4 Å². The van der Waals surface area contributed by atoms with Gasteiger partial charge in [0.25, 0.3) is 5.91 Å². The molecule has 1 atom stereocenters. The molecule has 27 heavy (non-hydrogen) atoms. The first-order valence-electron chi connectivity index (χ1n) is 8.19. The van der Waals surface area contributed by atoms with Crippen LogP contribution in [0.3, 0.4) is 0 Å². The summed E-state index contributed by atoms with van der Waals surface area (Å²) >= 11 is 1.09. The first kappa shape index (κ1) is 19.8. The number of rotatable bonds is 4. The number of aryl methyl sites for hydroxylation is 1. The number of aromatic nitrogens is 1. The van der Waals surface area contributed by atoms with Gasteiger partial charge in [-0.15, -0.1) is 11.3 Å². The topological polar surface area (TPSA) is 76.1 Å². The minimum absolute atomic E-state index is 0.0752. The molecular weight excluding hydrogens is 401 g/mol. The number of amides is 1. The predicted octanol–water partition coefficient (Wildman–Crippen LogP) is 3.30. The molecule has 0 spiro atoms. The summed E-state index contributed by atoms with van der Waals surface area (Å²) in [4.78, 5) is 17.0. The number of carbonyl (C=O) groups is 1. The van der Waals surface area contributed by atoms with E-state index in [1.807, 2.05) is 0 Å². The molecule has 146 valence electrons. The van der Waals surface area contributed by atoms with E-state index in [0.717, 1.165) is 23.5 Å². The SMILES string of the molecule is Cc1nc(-c2ccc(C(F)(F)F)cc2)sc1C(=O)NCC1CCS(=O)(=O)C1. The Balaban J connectivity index is 1.69. The van der Waals surface area contributed by atoms with Crippen molar-refractivity contribution in [3.8, 4) is 10.6 Å². The lowest BCUT2D eigenvalue weighted by atomic mass is 10.1. The maximum Gasteiger partial charge on any atom is 0.416 e. The van der Waals surface area contributed by atoms with Gasteiger partial charge in [-0.1, -0.05) is 12.1 Å². The van der Waals surface area contributed by atoms with Gasteiger partial charge in [-0.2, -0.15) is 13.2 Å². The van der Waals surface area contributed by atoms with Crippen LogP contribution in [0.5, 0.6) is 0 Å². The van der Waals surface area contributed by atoms with E-state index >= 15 is 0 Å². The molecule has 2 heterocycles. The maximum atomic E-state index is 12.7. The summed E-state index contributed by atoms with van der Waals surface area (Å²) in [5, 5.41) is 3.19. The highest BCUT2D eigenvalue weighted by molar-refractivity contribution is 7.91. The number of halogens is 3. The molecule has 1 aromatic heterocycles. The molecule has 10 heteroatoms. The van der Waals surface area contributed by atoms with E-state index in [-0.39, 0.29) is 29.9 Å². The van der Waals surface area contributed by atoms with Crippen molar-refractivity contribution in [2.45, 2.75) is 19.5 Å². The first-order chi connectivity index (χ1) is 12.5. The van der Waals surface area contributed by atoms with Gasteiger partial charge in [0.15, 0.2) is 9.84 Å². The monoisotopic (exact) mass is 418 g/mol. The highest BCUT2D eigenvalue weighted by atomic mass is 32.2. The van der Waals surface area contributed by atoms with Crippen molar-refractivity contribution in [1.29, 1.82) is 0 Å². The third-order valence-electron chi connectivity index (χ3n) is 4.34. The Morgan fingerprint density at radius 1 is 1.30 bits per heavy atom. The summed E-state index contributed by atoms with van der Waals surface area (Å²) in [6.45, 7) is 1.92. The second-order valence-corrected chi connectivity index (χ2v) is 9.72. The van der Waals surface area contributed by atoms with Crippen molar-refractivity contribution in [2.75, 3.05) is 18.1 Å². The molecular formula is C17H17F3N2O3S2. The second-order valence-electron chi connectivity index (χ2n) is 6.49. The number of hydrogen-bond acceptors (Lipinski definition) is 5. The van der Waals surface area contributed by atoms with Crippen LogP contribution in [0.1, 0.15) is 27.3 Å². The molecule has 1 saturated heterocycles. The highest BCUT2D eigenvalue weighted by Gasteiger charge is 2.30. The van der Waals surface area contributed by atoms with Gasteiger partial charge in [-0.25, -0.2) is 13.4 Å². The summed E-state index contributed by atoms with van der Waals surface area (Å²) in [6, 6.07) is 4.61. The maximum absolute atomic E-state index is 12.7. The second kappa shape index (κ2) is 7.23. The van der Waals surface area contributed by atoms with Crippen LogP contribution >= 0.6 is 11.3 Å². The number of sulfone groups is 1. The normalized spacial score (nSPS) is 19.2. The Labute approximate surface area is 158 Å². The van der Waals surface area contributed by atoms with Crippen molar-refractivity contribution in [2.24, 2.45) is 5.92 Å². The van der Waals surface area contributed by atoms with E-state index in [0.29, 0.717) is 27.6 Å². The fourth-order valence-corrected chi connectivity index (χ4v) is 5.73. The van der Waals surface area contributed by atoms with Gasteiger partial charge in [0.2, 0.25) is 0 Å². The van der Waals surface area contributed by atoms with Crippen molar-refractivity contribution >= 4 is 27.1 Å². The van der Waals surface area contributed by atoms with Gasteiger partial charge >= 0.3 is 6.18 Å².